The number of hydrogen-bond acceptors (Lipinski definition) is 4. The highest BCUT2D eigenvalue weighted by Gasteiger charge is 2.16. The maximum absolute atomic E-state index is 11.8. The number of rotatable bonds is 5. The van der Waals surface area contributed by atoms with Crippen LogP contribution < -0.4 is 5.32 Å². The maximum atomic E-state index is 11.8. The van der Waals surface area contributed by atoms with Gasteiger partial charge < -0.3 is 19.6 Å². The number of H-pyrrole nitrogens is 1. The molecule has 2 heterocycles. The van der Waals surface area contributed by atoms with Crippen LogP contribution in [0.25, 0.3) is 0 Å². The minimum Gasteiger partial charge on any atom is -0.459 e. The summed E-state index contributed by atoms with van der Waals surface area (Å²) in [5, 5.41) is 2.68. The van der Waals surface area contributed by atoms with Gasteiger partial charge >= 0.3 is 0 Å². The number of carbonyl (C=O) groups is 2. The van der Waals surface area contributed by atoms with Gasteiger partial charge in [0.25, 0.3) is 5.91 Å². The second-order valence-electron chi connectivity index (χ2n) is 3.99. The van der Waals surface area contributed by atoms with Gasteiger partial charge in [-0.1, -0.05) is 0 Å². The fourth-order valence-corrected chi connectivity index (χ4v) is 1.51. The quantitative estimate of drug-likeness (QED) is 0.815. The molecule has 2 N–H and O–H groups in total. The van der Waals surface area contributed by atoms with Crippen LogP contribution in [-0.4, -0.2) is 40.3 Å². The molecule has 100 valence electrons. The van der Waals surface area contributed by atoms with Gasteiger partial charge in [0.05, 0.1) is 31.4 Å². The molecule has 0 spiro atoms. The van der Waals surface area contributed by atoms with E-state index in [4.69, 9.17) is 4.42 Å². The Morgan fingerprint density at radius 1 is 1.53 bits per heavy atom. The molecule has 2 amide bonds. The summed E-state index contributed by atoms with van der Waals surface area (Å²) in [4.78, 5) is 31.5. The Labute approximate surface area is 109 Å². The number of aromatic nitrogens is 2. The van der Waals surface area contributed by atoms with Gasteiger partial charge in [-0.3, -0.25) is 9.59 Å². The van der Waals surface area contributed by atoms with Crippen LogP contribution in [0, 0.1) is 0 Å². The normalized spacial score (nSPS) is 10.2. The number of imidazole rings is 1. The second kappa shape index (κ2) is 5.85. The fraction of sp³-hybridized carbons (Fsp3) is 0.250. The van der Waals surface area contributed by atoms with E-state index in [2.05, 4.69) is 15.3 Å². The molecule has 7 heteroatoms. The van der Waals surface area contributed by atoms with E-state index >= 15 is 0 Å². The van der Waals surface area contributed by atoms with E-state index < -0.39 is 0 Å². The summed E-state index contributed by atoms with van der Waals surface area (Å²) in [6.45, 7) is 0.315. The molecule has 0 radical (unpaired) electrons. The lowest BCUT2D eigenvalue weighted by Crippen LogP contribution is -2.38. The van der Waals surface area contributed by atoms with Gasteiger partial charge in [-0.25, -0.2) is 4.98 Å². The molecule has 0 aliphatic rings. The number of amides is 2. The molecule has 2 rings (SSSR count). The first-order chi connectivity index (χ1) is 9.16. The van der Waals surface area contributed by atoms with Crippen LogP contribution in [0.2, 0.25) is 0 Å². The van der Waals surface area contributed by atoms with Gasteiger partial charge in [0.1, 0.15) is 0 Å². The van der Waals surface area contributed by atoms with Crippen LogP contribution >= 0.6 is 0 Å². The zero-order valence-corrected chi connectivity index (χ0v) is 10.4. The Balaban J connectivity index is 1.80. The molecule has 0 aliphatic carbocycles. The Morgan fingerprint density at radius 2 is 2.37 bits per heavy atom. The summed E-state index contributed by atoms with van der Waals surface area (Å²) in [6.07, 6.45) is 4.57. The summed E-state index contributed by atoms with van der Waals surface area (Å²) in [5.74, 6) is -0.373. The third kappa shape index (κ3) is 3.44. The Kier molecular flexibility index (Phi) is 3.97. The van der Waals surface area contributed by atoms with Crippen LogP contribution in [0.1, 0.15) is 16.2 Å². The van der Waals surface area contributed by atoms with Crippen molar-refractivity contribution in [2.24, 2.45) is 0 Å². The number of nitrogens with one attached hydrogen (secondary N) is 2. The highest BCUT2D eigenvalue weighted by molar-refractivity contribution is 5.94. The molecule has 0 saturated carbocycles. The molecule has 7 nitrogen and oxygen atoms in total. The standard InChI is InChI=1S/C12H14N4O3/c1-16(12(18)10-3-2-4-19-10)7-11(17)14-6-9-5-13-8-15-9/h2-5,8H,6-7H2,1H3,(H,13,15)(H,14,17). The summed E-state index contributed by atoms with van der Waals surface area (Å²) >= 11 is 0. The molecule has 19 heavy (non-hydrogen) atoms. The highest BCUT2D eigenvalue weighted by Crippen LogP contribution is 2.03. The maximum Gasteiger partial charge on any atom is 0.289 e. The summed E-state index contributed by atoms with van der Waals surface area (Å²) in [6, 6.07) is 3.18. The number of nitrogens with zero attached hydrogens (tertiary/aromatic N) is 2. The number of carbonyl (C=O) groups excluding carboxylic acids is 2. The van der Waals surface area contributed by atoms with Crippen molar-refractivity contribution in [1.82, 2.24) is 20.2 Å². The average molecular weight is 262 g/mol. The summed E-state index contributed by atoms with van der Waals surface area (Å²) < 4.78 is 4.98. The predicted molar refractivity (Wildman–Crippen MR) is 66.1 cm³/mol. The summed E-state index contributed by atoms with van der Waals surface area (Å²) in [5.41, 5.74) is 0.799. The van der Waals surface area contributed by atoms with E-state index in [9.17, 15) is 9.59 Å². The largest absolute Gasteiger partial charge is 0.459 e. The van der Waals surface area contributed by atoms with Crippen molar-refractivity contribution in [2.45, 2.75) is 6.54 Å². The minimum absolute atomic E-state index is 0.0341. The zero-order valence-electron chi connectivity index (χ0n) is 10.4. The molecule has 0 fully saturated rings. The second-order valence-corrected chi connectivity index (χ2v) is 3.99. The molecular weight excluding hydrogens is 248 g/mol. The van der Waals surface area contributed by atoms with Crippen LogP contribution in [0.5, 0.6) is 0 Å². The minimum atomic E-state index is -0.332. The van der Waals surface area contributed by atoms with E-state index in [-0.39, 0.29) is 24.1 Å². The fourth-order valence-electron chi connectivity index (χ4n) is 1.51. The molecule has 2 aromatic heterocycles. The number of furan rings is 1. The first kappa shape index (κ1) is 12.9. The van der Waals surface area contributed by atoms with E-state index in [1.165, 1.54) is 17.5 Å². The Bertz CT molecular complexity index is 533. The van der Waals surface area contributed by atoms with Crippen LogP contribution in [0.15, 0.2) is 35.3 Å². The van der Waals surface area contributed by atoms with Crippen LogP contribution in [0.3, 0.4) is 0 Å². The van der Waals surface area contributed by atoms with Gasteiger partial charge in [-0.15, -0.1) is 0 Å². The lowest BCUT2D eigenvalue weighted by molar-refractivity contribution is -0.121. The molecular formula is C12H14N4O3. The lowest BCUT2D eigenvalue weighted by Gasteiger charge is -2.15. The molecule has 0 aromatic carbocycles. The van der Waals surface area contributed by atoms with Crippen molar-refractivity contribution >= 4 is 11.8 Å². The molecule has 0 atom stereocenters. The van der Waals surface area contributed by atoms with E-state index in [0.717, 1.165) is 5.69 Å². The van der Waals surface area contributed by atoms with Gasteiger partial charge in [0, 0.05) is 13.2 Å². The summed E-state index contributed by atoms with van der Waals surface area (Å²) in [7, 11) is 1.54. The van der Waals surface area contributed by atoms with Crippen molar-refractivity contribution in [3.8, 4) is 0 Å². The number of likely N-dealkylation sites (N-methyl/N-ethyl adjacent to an activating group) is 1. The monoisotopic (exact) mass is 262 g/mol. The Hall–Kier alpha value is -2.57. The van der Waals surface area contributed by atoms with Crippen LogP contribution in [0.4, 0.5) is 0 Å². The lowest BCUT2D eigenvalue weighted by atomic mass is 10.3. The number of aromatic amines is 1. The van der Waals surface area contributed by atoms with Crippen molar-refractivity contribution < 1.29 is 14.0 Å². The van der Waals surface area contributed by atoms with Crippen molar-refractivity contribution in [1.29, 1.82) is 0 Å². The predicted octanol–water partition coefficient (Wildman–Crippen LogP) is 0.391. The average Bonchev–Trinajstić information content (AvgIpc) is 3.08. The Morgan fingerprint density at radius 3 is 3.00 bits per heavy atom. The van der Waals surface area contributed by atoms with Crippen molar-refractivity contribution in [3.05, 3.63) is 42.4 Å². The first-order valence-electron chi connectivity index (χ1n) is 5.69. The topological polar surface area (TPSA) is 91.2 Å². The van der Waals surface area contributed by atoms with Crippen molar-refractivity contribution in [3.63, 3.8) is 0 Å². The van der Waals surface area contributed by atoms with E-state index in [1.807, 2.05) is 0 Å². The van der Waals surface area contributed by atoms with Crippen molar-refractivity contribution in [2.75, 3.05) is 13.6 Å². The molecule has 0 bridgehead atoms. The number of hydrogen-bond donors (Lipinski definition) is 2. The smallest absolute Gasteiger partial charge is 0.289 e. The molecule has 0 unspecified atom stereocenters. The van der Waals surface area contributed by atoms with Gasteiger partial charge in [0.2, 0.25) is 5.91 Å². The first-order valence-corrected chi connectivity index (χ1v) is 5.69. The molecule has 2 aromatic rings. The molecule has 0 aliphatic heterocycles. The third-order valence-corrected chi connectivity index (χ3v) is 2.49. The third-order valence-electron chi connectivity index (χ3n) is 2.49. The zero-order chi connectivity index (χ0) is 13.7. The van der Waals surface area contributed by atoms with Crippen LogP contribution in [-0.2, 0) is 11.3 Å². The van der Waals surface area contributed by atoms with Gasteiger partial charge in [-0.05, 0) is 12.1 Å². The molecule has 0 saturated heterocycles. The van der Waals surface area contributed by atoms with Gasteiger partial charge in [0.15, 0.2) is 5.76 Å². The highest BCUT2D eigenvalue weighted by atomic mass is 16.3. The van der Waals surface area contributed by atoms with Gasteiger partial charge in [-0.2, -0.15) is 0 Å². The van der Waals surface area contributed by atoms with E-state index in [1.54, 1.807) is 25.4 Å². The van der Waals surface area contributed by atoms with E-state index in [0.29, 0.717) is 6.54 Å². The SMILES string of the molecule is CN(CC(=O)NCc1cnc[nH]1)C(=O)c1ccco1.